The molecule has 0 radical (unpaired) electrons. The number of aromatic amines is 2. The van der Waals surface area contributed by atoms with Gasteiger partial charge in [0, 0.05) is 109 Å². The number of hydrogen-bond acceptors (Lipinski definition) is 13. The third-order valence-electron chi connectivity index (χ3n) is 14.4. The van der Waals surface area contributed by atoms with E-state index in [9.17, 15) is 4.79 Å². The van der Waals surface area contributed by atoms with Crippen LogP contribution in [-0.2, 0) is 31.2 Å². The molecule has 2 N–H and O–H groups in total. The number of allylic oxidation sites excluding steroid dienone is 4. The molecule has 0 amide bonds. The quantitative estimate of drug-likeness (QED) is 0.162. The fraction of sp³-hybridized carbons (Fsp3) is 0.645. The van der Waals surface area contributed by atoms with Crippen LogP contribution in [0.1, 0.15) is 267 Å². The maximum atomic E-state index is 10.6. The standard InChI is InChI=1S/C9H14N2.3C9H15N.3C8H14N2.C8H13NO.C8H12O2/c1-7-5-6-10-8(11-7)9(2,3)4;2*1-7-8(5-6-10-7)9(2,3)4;1-7-5-6-8(10-7)9(2,3)4;2*1-6-9-5-7(10-6)8(2,3)4;1-6-5-7(10-9-6)8(2,3)4;1-6-7(5-10-9-6)8(2,3)4;1-8(2,3)6-4-5-7(9)10-6/h5-6H,1-4H3;2*5H,6H2,1-4H3;6H,5H2,1-4H3;5H2,1-4H3;2*5H,1-4H3,(H,9,10);5H,1-4H3;4-6H,1-3H3. The van der Waals surface area contributed by atoms with Gasteiger partial charge in [-0.15, -0.1) is 0 Å². The molecule has 0 aromatic carbocycles. The van der Waals surface area contributed by atoms with Crippen LogP contribution < -0.4 is 0 Å². The average molecular weight is 1260 g/mol. The van der Waals surface area contributed by atoms with Crippen molar-refractivity contribution in [3.05, 3.63) is 124 Å². The maximum Gasteiger partial charge on any atom is 0.331 e. The van der Waals surface area contributed by atoms with E-state index in [4.69, 9.17) is 9.26 Å². The predicted octanol–water partition coefficient (Wildman–Crippen LogP) is 19.5. The largest absolute Gasteiger partial charge is 0.454 e. The monoisotopic (exact) mass is 1260 g/mol. The van der Waals surface area contributed by atoms with Gasteiger partial charge in [-0.2, -0.15) is 5.10 Å². The molecule has 4 aromatic rings. The molecular formula is C76H126N12O3. The van der Waals surface area contributed by atoms with Crippen LogP contribution in [0.3, 0.4) is 0 Å². The SMILES string of the molecule is CC(C)(C)C1C=CC(=O)O1.CC1=NC(C(C)(C)C)=CC1.CC1=NCC(C(C)(C)C)=N1.CC1=NCC=C1C(C)(C)C.CC1=NCC=C1C(C)(C)C.Cc1cc(C(C)(C)C)n[nH]1.Cc1ccnc(C(C)(C)C)n1.Cc1ncc(C(C)(C)C)[nH]1.Cc1nocc1C(C)(C)C. The number of carbonyl (C=O) groups excluding carboxylic acids is 1. The van der Waals surface area contributed by atoms with Gasteiger partial charge in [-0.3, -0.25) is 25.1 Å². The summed E-state index contributed by atoms with van der Waals surface area (Å²) in [6.07, 6.45) is 16.4. The van der Waals surface area contributed by atoms with Crippen LogP contribution in [0.2, 0.25) is 0 Å². The first-order valence-corrected chi connectivity index (χ1v) is 32.5. The molecule has 0 aliphatic carbocycles. The van der Waals surface area contributed by atoms with Crippen LogP contribution in [0.4, 0.5) is 0 Å². The van der Waals surface area contributed by atoms with Crippen LogP contribution in [0.5, 0.6) is 0 Å². The van der Waals surface area contributed by atoms with Crippen molar-refractivity contribution in [3.8, 4) is 0 Å². The number of ether oxygens (including phenoxy) is 1. The second-order valence-corrected chi connectivity index (χ2v) is 33.4. The topological polar surface area (TPSA) is 197 Å². The van der Waals surface area contributed by atoms with E-state index in [1.54, 1.807) is 6.26 Å². The number of amidine groups is 1. The molecule has 0 bridgehead atoms. The molecule has 9 rings (SSSR count). The van der Waals surface area contributed by atoms with Gasteiger partial charge < -0.3 is 14.2 Å². The summed E-state index contributed by atoms with van der Waals surface area (Å²) in [6, 6.07) is 4.00. The number of hydrogen-bond donors (Lipinski definition) is 2. The van der Waals surface area contributed by atoms with Gasteiger partial charge in [-0.25, -0.2) is 24.7 Å². The fourth-order valence-corrected chi connectivity index (χ4v) is 8.85. The predicted molar refractivity (Wildman–Crippen MR) is 389 cm³/mol. The van der Waals surface area contributed by atoms with Gasteiger partial charge in [0.1, 0.15) is 29.9 Å². The van der Waals surface area contributed by atoms with Crippen molar-refractivity contribution in [1.29, 1.82) is 0 Å². The van der Waals surface area contributed by atoms with Crippen molar-refractivity contribution in [1.82, 2.24) is 35.3 Å². The Bertz CT molecular complexity index is 3130. The fourth-order valence-electron chi connectivity index (χ4n) is 8.85. The molecule has 0 spiro atoms. The molecule has 15 heteroatoms. The van der Waals surface area contributed by atoms with Crippen molar-refractivity contribution >= 4 is 34.7 Å². The lowest BCUT2D eigenvalue weighted by molar-refractivity contribution is -0.142. The van der Waals surface area contributed by atoms with E-state index in [1.807, 2.05) is 79.9 Å². The van der Waals surface area contributed by atoms with E-state index in [1.165, 1.54) is 57.0 Å². The first-order chi connectivity index (χ1) is 41.0. The number of esters is 1. The number of H-pyrrole nitrogens is 2. The van der Waals surface area contributed by atoms with Gasteiger partial charge in [-0.1, -0.05) is 210 Å². The van der Waals surface area contributed by atoms with Crippen LogP contribution in [-0.4, -0.2) is 95.7 Å². The molecule has 508 valence electrons. The second-order valence-electron chi connectivity index (χ2n) is 33.4. The third kappa shape index (κ3) is 31.6. The zero-order valence-electron chi connectivity index (χ0n) is 63.9. The highest BCUT2D eigenvalue weighted by Crippen LogP contribution is 2.32. The molecule has 91 heavy (non-hydrogen) atoms. The summed E-state index contributed by atoms with van der Waals surface area (Å²) in [5.41, 5.74) is 17.2. The molecule has 9 heterocycles. The zero-order chi connectivity index (χ0) is 70.7. The Morgan fingerprint density at radius 3 is 1.31 bits per heavy atom. The second kappa shape index (κ2) is 33.9. The molecule has 0 saturated carbocycles. The Morgan fingerprint density at radius 2 is 1.11 bits per heavy atom. The van der Waals surface area contributed by atoms with E-state index in [2.05, 4.69) is 271 Å². The first kappa shape index (κ1) is 82.5. The highest BCUT2D eigenvalue weighted by Gasteiger charge is 2.29. The summed E-state index contributed by atoms with van der Waals surface area (Å²) in [6.45, 7) is 77.0. The van der Waals surface area contributed by atoms with Crippen LogP contribution in [0.15, 0.2) is 107 Å². The van der Waals surface area contributed by atoms with E-state index in [-0.39, 0.29) is 60.8 Å². The van der Waals surface area contributed by atoms with E-state index < -0.39 is 0 Å². The van der Waals surface area contributed by atoms with Gasteiger partial charge in [-0.05, 0) is 101 Å². The van der Waals surface area contributed by atoms with E-state index >= 15 is 0 Å². The smallest absolute Gasteiger partial charge is 0.331 e. The highest BCUT2D eigenvalue weighted by molar-refractivity contribution is 6.05. The van der Waals surface area contributed by atoms with Gasteiger partial charge >= 0.3 is 5.97 Å². The normalized spacial score (nSPS) is 16.4. The first-order valence-electron chi connectivity index (χ1n) is 32.5. The van der Waals surface area contributed by atoms with E-state index in [0.717, 1.165) is 66.3 Å². The molecule has 5 aliphatic heterocycles. The lowest BCUT2D eigenvalue weighted by Crippen LogP contribution is -2.25. The number of cyclic esters (lactones) is 1. The van der Waals surface area contributed by atoms with Crippen LogP contribution in [0.25, 0.3) is 0 Å². The molecule has 15 nitrogen and oxygen atoms in total. The average Bonchev–Trinajstić information content (AvgIpc) is 2.27. The summed E-state index contributed by atoms with van der Waals surface area (Å²) >= 11 is 0. The van der Waals surface area contributed by atoms with Gasteiger partial charge in [0.2, 0.25) is 0 Å². The lowest BCUT2D eigenvalue weighted by Gasteiger charge is -2.23. The lowest BCUT2D eigenvalue weighted by atomic mass is 9.84. The molecular weight excluding hydrogens is 1130 g/mol. The molecule has 1 atom stereocenters. The number of carbonyl (C=O) groups is 1. The molecule has 5 aliphatic rings. The number of rotatable bonds is 0. The Morgan fingerprint density at radius 1 is 0.571 bits per heavy atom. The van der Waals surface area contributed by atoms with Crippen molar-refractivity contribution in [2.75, 3.05) is 19.6 Å². The Labute approximate surface area is 553 Å². The van der Waals surface area contributed by atoms with Crippen molar-refractivity contribution in [2.24, 2.45) is 52.0 Å². The minimum atomic E-state index is -0.222. The summed E-state index contributed by atoms with van der Waals surface area (Å²) in [5, 5.41) is 10.9. The Hall–Kier alpha value is -6.51. The summed E-state index contributed by atoms with van der Waals surface area (Å²) in [7, 11) is 0. The van der Waals surface area contributed by atoms with Gasteiger partial charge in [0.05, 0.1) is 31.0 Å². The number of aromatic nitrogens is 7. The molecule has 1 unspecified atom stereocenters. The number of aryl methyl sites for hydroxylation is 4. The number of nitrogens with zero attached hydrogens (tertiary/aromatic N) is 10. The zero-order valence-corrected chi connectivity index (χ0v) is 63.9. The summed E-state index contributed by atoms with van der Waals surface area (Å²) < 4.78 is 9.80. The summed E-state index contributed by atoms with van der Waals surface area (Å²) in [4.78, 5) is 48.0. The minimum absolute atomic E-state index is 0.0304. The van der Waals surface area contributed by atoms with E-state index in [0.29, 0.717) is 0 Å². The third-order valence-corrected chi connectivity index (χ3v) is 14.4. The number of imidazole rings is 1. The number of aliphatic imine (C=N–C) groups is 5. The minimum Gasteiger partial charge on any atom is -0.454 e. The Balaban J connectivity index is 0.000000512. The Kier molecular flexibility index (Phi) is 30.7. The van der Waals surface area contributed by atoms with Crippen LogP contribution >= 0.6 is 0 Å². The van der Waals surface area contributed by atoms with Crippen molar-refractivity contribution in [3.63, 3.8) is 0 Å². The number of nitrogens with one attached hydrogen (secondary N) is 2. The van der Waals surface area contributed by atoms with Crippen LogP contribution in [0, 0.1) is 54.8 Å². The molecule has 4 aromatic heterocycles. The van der Waals surface area contributed by atoms with Gasteiger partial charge in [0.25, 0.3) is 0 Å². The maximum absolute atomic E-state index is 10.6. The highest BCUT2D eigenvalue weighted by atomic mass is 16.5. The molecule has 0 saturated heterocycles. The van der Waals surface area contributed by atoms with Gasteiger partial charge in [0.15, 0.2) is 0 Å². The summed E-state index contributed by atoms with van der Waals surface area (Å²) in [5.74, 6) is 2.60. The van der Waals surface area contributed by atoms with Crippen molar-refractivity contribution < 1.29 is 14.1 Å². The van der Waals surface area contributed by atoms with Crippen molar-refractivity contribution in [2.45, 2.75) is 277 Å². The molecule has 0 fully saturated rings.